The predicted octanol–water partition coefficient (Wildman–Crippen LogP) is -0.998. The average Bonchev–Trinajstić information content (AvgIpc) is 2.43. The Morgan fingerprint density at radius 3 is 2.31 bits per heavy atom. The standard InChI is InChI=1S/C6H8F3NO4S2/c1-16(13,14)10-3(4(11)12)2-15-5(10)6(7,8)9/h3,5H,2H2,1H3,(H,11,12)/p-1/t3-,5+/m0/s1. The van der Waals surface area contributed by atoms with Crippen molar-refractivity contribution in [2.24, 2.45) is 0 Å². The summed E-state index contributed by atoms with van der Waals surface area (Å²) in [6, 6.07) is -1.77. The number of carboxylic acids is 1. The summed E-state index contributed by atoms with van der Waals surface area (Å²) in [4.78, 5) is 10.5. The van der Waals surface area contributed by atoms with Gasteiger partial charge in [0.2, 0.25) is 10.0 Å². The molecule has 0 aromatic carbocycles. The first kappa shape index (κ1) is 13.6. The molecule has 16 heavy (non-hydrogen) atoms. The molecule has 0 amide bonds. The van der Waals surface area contributed by atoms with Crippen LogP contribution in [-0.4, -0.2) is 48.3 Å². The molecule has 1 aliphatic heterocycles. The van der Waals surface area contributed by atoms with E-state index in [1.54, 1.807) is 0 Å². The number of thioether (sulfide) groups is 1. The number of hydrogen-bond donors (Lipinski definition) is 0. The molecule has 2 atom stereocenters. The third kappa shape index (κ3) is 2.61. The Hall–Kier alpha value is -0.480. The number of hydrogen-bond acceptors (Lipinski definition) is 5. The molecule has 0 radical (unpaired) electrons. The quantitative estimate of drug-likeness (QED) is 0.647. The minimum atomic E-state index is -4.81. The topological polar surface area (TPSA) is 77.5 Å². The molecule has 0 aromatic rings. The normalized spacial score (nSPS) is 28.2. The van der Waals surface area contributed by atoms with Crippen molar-refractivity contribution < 1.29 is 31.5 Å². The van der Waals surface area contributed by atoms with Gasteiger partial charge in [-0.3, -0.25) is 0 Å². The number of halogens is 3. The monoisotopic (exact) mass is 278 g/mol. The highest BCUT2D eigenvalue weighted by atomic mass is 32.2. The highest BCUT2D eigenvalue weighted by Crippen LogP contribution is 2.41. The van der Waals surface area contributed by atoms with E-state index < -0.39 is 39.3 Å². The molecule has 0 saturated carbocycles. The van der Waals surface area contributed by atoms with Crippen LogP contribution in [0.25, 0.3) is 0 Å². The van der Waals surface area contributed by atoms with Gasteiger partial charge in [0.1, 0.15) is 0 Å². The lowest BCUT2D eigenvalue weighted by molar-refractivity contribution is -0.310. The fraction of sp³-hybridized carbons (Fsp3) is 0.833. The lowest BCUT2D eigenvalue weighted by atomic mass is 10.3. The lowest BCUT2D eigenvalue weighted by Gasteiger charge is -2.28. The van der Waals surface area contributed by atoms with Crippen LogP contribution in [-0.2, 0) is 14.8 Å². The van der Waals surface area contributed by atoms with E-state index in [1.807, 2.05) is 0 Å². The van der Waals surface area contributed by atoms with Crippen molar-refractivity contribution in [3.05, 3.63) is 0 Å². The van der Waals surface area contributed by atoms with Gasteiger partial charge in [0.15, 0.2) is 5.37 Å². The zero-order chi connectivity index (χ0) is 12.7. The van der Waals surface area contributed by atoms with Crippen LogP contribution in [0, 0.1) is 0 Å². The van der Waals surface area contributed by atoms with Gasteiger partial charge < -0.3 is 9.90 Å². The number of rotatable bonds is 2. The summed E-state index contributed by atoms with van der Waals surface area (Å²) in [5, 5.41) is 8.18. The van der Waals surface area contributed by atoms with Crippen LogP contribution >= 0.6 is 11.8 Å². The second kappa shape index (κ2) is 4.08. The minimum Gasteiger partial charge on any atom is -0.548 e. The first-order chi connectivity index (χ1) is 7.05. The van der Waals surface area contributed by atoms with Crippen LogP contribution in [0.4, 0.5) is 13.2 Å². The number of carboxylic acid groups (broad SMARTS) is 1. The SMILES string of the molecule is CS(=O)(=O)N1[C@H](C(=O)[O-])CS[C@@H]1C(F)(F)F. The summed E-state index contributed by atoms with van der Waals surface area (Å²) in [6.07, 6.45) is -4.27. The van der Waals surface area contributed by atoms with Crippen LogP contribution in [0.3, 0.4) is 0 Å². The first-order valence-electron chi connectivity index (χ1n) is 3.93. The molecule has 5 nitrogen and oxygen atoms in total. The van der Waals surface area contributed by atoms with E-state index in [4.69, 9.17) is 0 Å². The van der Waals surface area contributed by atoms with E-state index in [0.717, 1.165) is 0 Å². The van der Waals surface area contributed by atoms with Crippen molar-refractivity contribution in [3.8, 4) is 0 Å². The molecule has 1 fully saturated rings. The van der Waals surface area contributed by atoms with Crippen molar-refractivity contribution in [3.63, 3.8) is 0 Å². The number of aliphatic carboxylic acids is 1. The summed E-state index contributed by atoms with van der Waals surface area (Å²) in [7, 11) is -4.26. The van der Waals surface area contributed by atoms with Crippen LogP contribution in [0.1, 0.15) is 0 Å². The Labute approximate surface area is 93.7 Å². The molecule has 0 aliphatic carbocycles. The Kier molecular flexibility index (Phi) is 3.46. The fourth-order valence-electron chi connectivity index (χ4n) is 1.31. The Morgan fingerprint density at radius 1 is 1.50 bits per heavy atom. The van der Waals surface area contributed by atoms with Crippen molar-refractivity contribution >= 4 is 27.8 Å². The van der Waals surface area contributed by atoms with E-state index in [0.29, 0.717) is 6.26 Å². The molecular formula is C6H7F3NO4S2-. The van der Waals surface area contributed by atoms with E-state index in [9.17, 15) is 31.5 Å². The van der Waals surface area contributed by atoms with Crippen molar-refractivity contribution in [2.45, 2.75) is 17.6 Å². The lowest BCUT2D eigenvalue weighted by Crippen LogP contribution is -2.53. The largest absolute Gasteiger partial charge is 0.548 e. The number of carbonyl (C=O) groups excluding carboxylic acids is 1. The van der Waals surface area contributed by atoms with E-state index in [2.05, 4.69) is 0 Å². The molecule has 0 bridgehead atoms. The molecule has 0 N–H and O–H groups in total. The van der Waals surface area contributed by atoms with Crippen molar-refractivity contribution in [2.75, 3.05) is 12.0 Å². The van der Waals surface area contributed by atoms with Gasteiger partial charge in [-0.2, -0.15) is 17.5 Å². The minimum absolute atomic E-state index is 0.0625. The van der Waals surface area contributed by atoms with Crippen molar-refractivity contribution in [1.82, 2.24) is 4.31 Å². The van der Waals surface area contributed by atoms with Crippen LogP contribution in [0.15, 0.2) is 0 Å². The van der Waals surface area contributed by atoms with Crippen LogP contribution in [0.2, 0.25) is 0 Å². The maximum atomic E-state index is 12.4. The molecule has 1 aliphatic rings. The van der Waals surface area contributed by atoms with E-state index in [1.165, 1.54) is 0 Å². The van der Waals surface area contributed by atoms with E-state index in [-0.39, 0.29) is 16.1 Å². The summed E-state index contributed by atoms with van der Waals surface area (Å²) in [5.74, 6) is -2.30. The van der Waals surface area contributed by atoms with Gasteiger partial charge >= 0.3 is 6.18 Å². The molecule has 1 rings (SSSR count). The molecule has 1 saturated heterocycles. The molecule has 0 aromatic heterocycles. The molecule has 0 spiro atoms. The molecule has 10 heteroatoms. The van der Waals surface area contributed by atoms with Gasteiger partial charge in [0.05, 0.1) is 18.3 Å². The molecular weight excluding hydrogens is 271 g/mol. The Bertz CT molecular complexity index is 393. The number of alkyl halides is 3. The van der Waals surface area contributed by atoms with Crippen LogP contribution in [0.5, 0.6) is 0 Å². The Balaban J connectivity index is 3.13. The molecule has 94 valence electrons. The number of carbonyl (C=O) groups is 1. The number of nitrogens with zero attached hydrogens (tertiary/aromatic N) is 1. The Morgan fingerprint density at radius 2 is 2.00 bits per heavy atom. The van der Waals surface area contributed by atoms with Gasteiger partial charge in [0.25, 0.3) is 0 Å². The van der Waals surface area contributed by atoms with E-state index >= 15 is 0 Å². The predicted molar refractivity (Wildman–Crippen MR) is 47.8 cm³/mol. The first-order valence-corrected chi connectivity index (χ1v) is 6.82. The van der Waals surface area contributed by atoms with Gasteiger partial charge in [-0.25, -0.2) is 8.42 Å². The highest BCUT2D eigenvalue weighted by Gasteiger charge is 2.54. The van der Waals surface area contributed by atoms with Gasteiger partial charge in [-0.15, -0.1) is 11.8 Å². The smallest absolute Gasteiger partial charge is 0.414 e. The third-order valence-electron chi connectivity index (χ3n) is 1.89. The summed E-state index contributed by atoms with van der Waals surface area (Å²) in [6.45, 7) is 0. The zero-order valence-corrected chi connectivity index (χ0v) is 9.53. The molecule has 1 heterocycles. The third-order valence-corrected chi connectivity index (χ3v) is 4.57. The van der Waals surface area contributed by atoms with Gasteiger partial charge in [-0.1, -0.05) is 0 Å². The average molecular weight is 278 g/mol. The van der Waals surface area contributed by atoms with Crippen molar-refractivity contribution in [1.29, 1.82) is 0 Å². The number of sulfonamides is 1. The second-order valence-electron chi connectivity index (χ2n) is 3.16. The summed E-state index contributed by atoms with van der Waals surface area (Å²) >= 11 is 0.222. The second-order valence-corrected chi connectivity index (χ2v) is 6.16. The van der Waals surface area contributed by atoms with Gasteiger partial charge in [0, 0.05) is 5.75 Å². The maximum Gasteiger partial charge on any atom is 0.414 e. The summed E-state index contributed by atoms with van der Waals surface area (Å²) in [5.41, 5.74) is 0. The maximum absolute atomic E-state index is 12.4. The van der Waals surface area contributed by atoms with Crippen LogP contribution < -0.4 is 5.11 Å². The zero-order valence-electron chi connectivity index (χ0n) is 7.89. The van der Waals surface area contributed by atoms with Gasteiger partial charge in [-0.05, 0) is 0 Å². The molecule has 0 unspecified atom stereocenters. The summed E-state index contributed by atoms with van der Waals surface area (Å²) < 4.78 is 59.5. The highest BCUT2D eigenvalue weighted by molar-refractivity contribution is 8.01. The fourth-order valence-corrected chi connectivity index (χ4v) is 4.29.